The number of esters is 1. The van der Waals surface area contributed by atoms with E-state index in [2.05, 4.69) is 15.5 Å². The molecule has 2 amide bonds. The number of ether oxygens (including phenoxy) is 1. The number of anilines is 1. The van der Waals surface area contributed by atoms with Crippen LogP contribution in [0.3, 0.4) is 0 Å². The van der Waals surface area contributed by atoms with Crippen LogP contribution in [0.2, 0.25) is 0 Å². The Morgan fingerprint density at radius 3 is 2.34 bits per heavy atom. The molecule has 1 fully saturated rings. The summed E-state index contributed by atoms with van der Waals surface area (Å²) >= 11 is 3.59. The van der Waals surface area contributed by atoms with Crippen LogP contribution in [-0.2, 0) is 28.8 Å². The number of thiazole rings is 1. The summed E-state index contributed by atoms with van der Waals surface area (Å²) in [4.78, 5) is 61.7. The fraction of sp³-hybridized carbons (Fsp3) is 0.214. The first-order valence-corrected chi connectivity index (χ1v) is 15.9. The quantitative estimate of drug-likeness (QED) is 0.0805. The number of carbonyl (C=O) groups excluding carboxylic acids is 4. The Labute approximate surface area is 286 Å². The Hall–Kier alpha value is -3.34. The first-order valence-electron chi connectivity index (χ1n) is 12.7. The number of amides is 2. The SMILES string of the molecule is CSC1=C(C(=O)[O-])N2C(=O)C(NC(=O)C(=NOCC(=O)OC(c3ccccc3)c3ccccc3)c3csc(N)n3)[C@@H]2SC1.[Na+]. The molecule has 5 rings (SSSR count). The molecular formula is C28H24N5NaO7S3. The second-order valence-corrected chi connectivity index (χ2v) is 12.0. The Morgan fingerprint density at radius 1 is 1.16 bits per heavy atom. The number of nitrogens with one attached hydrogen (secondary N) is 1. The Morgan fingerprint density at radius 2 is 1.80 bits per heavy atom. The van der Waals surface area contributed by atoms with Gasteiger partial charge in [0.25, 0.3) is 11.8 Å². The van der Waals surface area contributed by atoms with Crippen molar-refractivity contribution in [2.45, 2.75) is 17.5 Å². The summed E-state index contributed by atoms with van der Waals surface area (Å²) < 4.78 is 5.71. The number of hydrogen-bond acceptors (Lipinski definition) is 13. The number of carboxylic acid groups (broad SMARTS) is 1. The molecule has 0 bridgehead atoms. The van der Waals surface area contributed by atoms with E-state index in [0.29, 0.717) is 10.7 Å². The molecule has 222 valence electrons. The van der Waals surface area contributed by atoms with E-state index in [0.717, 1.165) is 27.4 Å². The van der Waals surface area contributed by atoms with Crippen LogP contribution in [0.15, 0.2) is 81.8 Å². The maximum atomic E-state index is 13.3. The smallest absolute Gasteiger partial charge is 0.543 e. The van der Waals surface area contributed by atoms with Gasteiger partial charge in [-0.05, 0) is 17.4 Å². The number of benzene rings is 2. The van der Waals surface area contributed by atoms with Crippen LogP contribution < -0.4 is 45.7 Å². The third-order valence-electron chi connectivity index (χ3n) is 6.43. The van der Waals surface area contributed by atoms with E-state index in [-0.39, 0.29) is 51.8 Å². The number of thioether (sulfide) groups is 2. The van der Waals surface area contributed by atoms with Crippen LogP contribution in [0.25, 0.3) is 0 Å². The topological polar surface area (TPSA) is 176 Å². The van der Waals surface area contributed by atoms with E-state index in [4.69, 9.17) is 15.3 Å². The fourth-order valence-electron chi connectivity index (χ4n) is 4.45. The number of carboxylic acids is 1. The van der Waals surface area contributed by atoms with Crippen LogP contribution in [0.1, 0.15) is 22.9 Å². The average molecular weight is 662 g/mol. The van der Waals surface area contributed by atoms with Crippen LogP contribution in [0.4, 0.5) is 5.13 Å². The molecule has 16 heteroatoms. The van der Waals surface area contributed by atoms with Gasteiger partial charge in [-0.3, -0.25) is 14.5 Å². The Bertz CT molecular complexity index is 1560. The predicted octanol–water partition coefficient (Wildman–Crippen LogP) is -1.49. The Kier molecular flexibility index (Phi) is 11.5. The number of hydrogen-bond donors (Lipinski definition) is 2. The number of carbonyl (C=O) groups is 4. The number of aromatic nitrogens is 1. The van der Waals surface area contributed by atoms with Crippen molar-refractivity contribution in [3.63, 3.8) is 0 Å². The molecule has 0 radical (unpaired) electrons. The van der Waals surface area contributed by atoms with Gasteiger partial charge in [-0.25, -0.2) is 9.78 Å². The summed E-state index contributed by atoms with van der Waals surface area (Å²) in [6.45, 7) is -0.627. The summed E-state index contributed by atoms with van der Waals surface area (Å²) in [5, 5.41) is 19.1. The minimum atomic E-state index is -1.46. The number of oxime groups is 1. The number of fused-ring (bicyclic) bond motifs is 1. The average Bonchev–Trinajstić information content (AvgIpc) is 3.46. The maximum Gasteiger partial charge on any atom is 1.00 e. The summed E-state index contributed by atoms with van der Waals surface area (Å²) in [6.07, 6.45) is 1.01. The molecule has 0 saturated carbocycles. The minimum Gasteiger partial charge on any atom is -0.543 e. The molecule has 44 heavy (non-hydrogen) atoms. The molecule has 1 aromatic heterocycles. The van der Waals surface area contributed by atoms with Crippen LogP contribution in [0, 0.1) is 0 Å². The Balaban J connectivity index is 0.00000442. The predicted molar refractivity (Wildman–Crippen MR) is 160 cm³/mol. The van der Waals surface area contributed by atoms with Crippen molar-refractivity contribution in [3.8, 4) is 0 Å². The standard InChI is InChI=1S/C28H25N5O7S3.Na/c1-41-18-14-42-26-21(25(36)33(26)22(18)27(37)38)31-24(35)20(17-13-43-28(29)30-17)32-39-12-19(34)40-23(15-8-4-2-5-9-15)16-10-6-3-7-11-16;/h2-11,13,21,23,26H,12,14H2,1H3,(H2,29,30)(H,31,35)(H,37,38);/q;+1/p-1/t21?,26-;/m0./s1. The van der Waals surface area contributed by atoms with Crippen molar-refractivity contribution >= 4 is 69.5 Å². The van der Waals surface area contributed by atoms with Crippen LogP contribution in [-0.4, -0.2) is 69.4 Å². The molecule has 3 N–H and O–H groups in total. The second kappa shape index (κ2) is 15.1. The van der Waals surface area contributed by atoms with Gasteiger partial charge in [-0.1, -0.05) is 65.8 Å². The number of β-lactam (4-membered cyclic amide) rings is 1. The van der Waals surface area contributed by atoms with Gasteiger partial charge in [0.2, 0.25) is 6.61 Å². The molecule has 0 spiro atoms. The molecule has 2 aliphatic rings. The zero-order chi connectivity index (χ0) is 30.5. The largest absolute Gasteiger partial charge is 1.00 e. The molecule has 2 atom stereocenters. The molecule has 0 aliphatic carbocycles. The number of aliphatic carboxylic acids is 1. The summed E-state index contributed by atoms with van der Waals surface area (Å²) in [6, 6.07) is 17.3. The van der Waals surface area contributed by atoms with Crippen molar-refractivity contribution in [2.24, 2.45) is 5.16 Å². The van der Waals surface area contributed by atoms with Gasteiger partial charge in [0.15, 0.2) is 16.9 Å². The molecule has 2 aromatic carbocycles. The zero-order valence-corrected chi connectivity index (χ0v) is 27.9. The molecule has 1 saturated heterocycles. The first-order chi connectivity index (χ1) is 20.8. The molecule has 3 heterocycles. The van der Waals surface area contributed by atoms with Crippen molar-refractivity contribution in [2.75, 3.05) is 24.3 Å². The number of rotatable bonds is 11. The third kappa shape index (κ3) is 7.30. The normalized spacial score (nSPS) is 17.7. The van der Waals surface area contributed by atoms with Crippen molar-refractivity contribution in [3.05, 3.63) is 93.5 Å². The molecular weight excluding hydrogens is 638 g/mol. The van der Waals surface area contributed by atoms with Gasteiger partial charge in [0, 0.05) is 16.0 Å². The van der Waals surface area contributed by atoms with Gasteiger partial charge < -0.3 is 30.5 Å². The van der Waals surface area contributed by atoms with Gasteiger partial charge in [0.1, 0.15) is 17.1 Å². The van der Waals surface area contributed by atoms with E-state index in [1.54, 1.807) is 6.26 Å². The number of nitrogens with two attached hydrogens (primary N) is 1. The molecule has 12 nitrogen and oxygen atoms in total. The maximum absolute atomic E-state index is 13.3. The van der Waals surface area contributed by atoms with E-state index in [9.17, 15) is 24.3 Å². The van der Waals surface area contributed by atoms with Crippen molar-refractivity contribution in [1.82, 2.24) is 15.2 Å². The van der Waals surface area contributed by atoms with Crippen molar-refractivity contribution < 1.29 is 63.4 Å². The molecule has 1 unspecified atom stereocenters. The molecule has 3 aromatic rings. The summed E-state index contributed by atoms with van der Waals surface area (Å²) in [7, 11) is 0. The van der Waals surface area contributed by atoms with Gasteiger partial charge >= 0.3 is 35.5 Å². The first kappa shape index (κ1) is 33.6. The van der Waals surface area contributed by atoms with Gasteiger partial charge in [0.05, 0.1) is 11.7 Å². The zero-order valence-electron chi connectivity index (χ0n) is 23.5. The van der Waals surface area contributed by atoms with Gasteiger partial charge in [-0.15, -0.1) is 34.9 Å². The third-order valence-corrected chi connectivity index (χ3v) is 9.40. The summed E-state index contributed by atoms with van der Waals surface area (Å²) in [5.74, 6) is -3.29. The fourth-order valence-corrected chi connectivity index (χ4v) is 7.24. The van der Waals surface area contributed by atoms with Gasteiger partial charge in [-0.2, -0.15) is 0 Å². The molecule has 2 aliphatic heterocycles. The second-order valence-electron chi connectivity index (χ2n) is 9.10. The van der Waals surface area contributed by atoms with Crippen molar-refractivity contribution in [1.29, 1.82) is 0 Å². The van der Waals surface area contributed by atoms with E-state index in [1.807, 2.05) is 60.7 Å². The van der Waals surface area contributed by atoms with E-state index in [1.165, 1.54) is 28.9 Å². The monoisotopic (exact) mass is 661 g/mol. The summed E-state index contributed by atoms with van der Waals surface area (Å²) in [5.41, 5.74) is 6.81. The van der Waals surface area contributed by atoms with E-state index >= 15 is 0 Å². The van der Waals surface area contributed by atoms with Crippen LogP contribution >= 0.6 is 34.9 Å². The number of nitrogens with zero attached hydrogens (tertiary/aromatic N) is 3. The van der Waals surface area contributed by atoms with E-state index < -0.39 is 47.9 Å². The van der Waals surface area contributed by atoms with Crippen LogP contribution in [0.5, 0.6) is 0 Å². The minimum absolute atomic E-state index is 0. The number of nitrogen functional groups attached to an aromatic ring is 1.